The molecule has 146 valence electrons. The largest absolute Gasteiger partial charge is 0.337 e. The van der Waals surface area contributed by atoms with E-state index in [-0.39, 0.29) is 12.5 Å². The van der Waals surface area contributed by atoms with E-state index in [1.807, 2.05) is 49.4 Å². The molecule has 0 aliphatic carbocycles. The predicted molar refractivity (Wildman–Crippen MR) is 110 cm³/mol. The van der Waals surface area contributed by atoms with Crippen LogP contribution in [0.4, 0.5) is 5.69 Å². The Kier molecular flexibility index (Phi) is 7.02. The Morgan fingerprint density at radius 3 is 2.07 bits per heavy atom. The maximum atomic E-state index is 12.8. The first-order valence-electron chi connectivity index (χ1n) is 9.11. The van der Waals surface area contributed by atoms with Gasteiger partial charge in [0.1, 0.15) is 6.54 Å². The van der Waals surface area contributed by atoms with Crippen molar-refractivity contribution in [3.05, 3.63) is 65.7 Å². The molecule has 0 fully saturated rings. The van der Waals surface area contributed by atoms with E-state index >= 15 is 0 Å². The fourth-order valence-electron chi connectivity index (χ4n) is 2.83. The molecule has 2 aromatic carbocycles. The van der Waals surface area contributed by atoms with E-state index in [9.17, 15) is 13.2 Å². The zero-order chi connectivity index (χ0) is 20.0. The molecule has 0 radical (unpaired) electrons. The molecule has 1 amide bonds. The molecule has 0 heterocycles. The summed E-state index contributed by atoms with van der Waals surface area (Å²) in [5, 5.41) is 0. The number of hydrogen-bond acceptors (Lipinski definition) is 3. The highest BCUT2D eigenvalue weighted by molar-refractivity contribution is 7.92. The highest BCUT2D eigenvalue weighted by Crippen LogP contribution is 2.22. The van der Waals surface area contributed by atoms with Crippen molar-refractivity contribution in [1.82, 2.24) is 4.90 Å². The van der Waals surface area contributed by atoms with Gasteiger partial charge in [-0.1, -0.05) is 56.3 Å². The zero-order valence-electron chi connectivity index (χ0n) is 16.4. The van der Waals surface area contributed by atoms with Crippen LogP contribution >= 0.6 is 0 Å². The van der Waals surface area contributed by atoms with Gasteiger partial charge in [-0.2, -0.15) is 0 Å². The second-order valence-corrected chi connectivity index (χ2v) is 8.82. The molecule has 0 saturated carbocycles. The summed E-state index contributed by atoms with van der Waals surface area (Å²) < 4.78 is 25.8. The van der Waals surface area contributed by atoms with Crippen LogP contribution in [0.5, 0.6) is 0 Å². The van der Waals surface area contributed by atoms with Crippen molar-refractivity contribution >= 4 is 21.6 Å². The first-order valence-corrected chi connectivity index (χ1v) is 11.0. The minimum Gasteiger partial charge on any atom is -0.337 e. The Balaban J connectivity index is 2.20. The zero-order valence-corrected chi connectivity index (χ0v) is 17.2. The number of benzene rings is 2. The van der Waals surface area contributed by atoms with E-state index in [0.717, 1.165) is 17.4 Å². The highest BCUT2D eigenvalue weighted by atomic mass is 32.2. The Morgan fingerprint density at radius 1 is 1.00 bits per heavy atom. The molecule has 27 heavy (non-hydrogen) atoms. The second-order valence-electron chi connectivity index (χ2n) is 6.91. The number of anilines is 1. The van der Waals surface area contributed by atoms with Crippen LogP contribution in [-0.2, 0) is 21.4 Å². The van der Waals surface area contributed by atoms with Crippen LogP contribution in [0.1, 0.15) is 37.8 Å². The van der Waals surface area contributed by atoms with E-state index in [1.165, 1.54) is 4.31 Å². The number of nitrogens with zero attached hydrogens (tertiary/aromatic N) is 2. The molecule has 0 aliphatic rings. The minimum absolute atomic E-state index is 0.208. The molecule has 0 atom stereocenters. The van der Waals surface area contributed by atoms with E-state index in [2.05, 4.69) is 13.8 Å². The first-order chi connectivity index (χ1) is 12.7. The van der Waals surface area contributed by atoms with E-state index in [1.54, 1.807) is 17.0 Å². The number of rotatable bonds is 8. The number of carbonyl (C=O) groups is 1. The van der Waals surface area contributed by atoms with Gasteiger partial charge >= 0.3 is 0 Å². The lowest BCUT2D eigenvalue weighted by molar-refractivity contribution is -0.129. The monoisotopic (exact) mass is 388 g/mol. The van der Waals surface area contributed by atoms with Gasteiger partial charge in [0.15, 0.2) is 0 Å². The normalized spacial score (nSPS) is 11.4. The SMILES string of the molecule is CCN(Cc1ccccc1)C(=O)CN(c1ccc(C(C)C)cc1)S(C)(=O)=O. The predicted octanol–water partition coefficient (Wildman–Crippen LogP) is 3.62. The van der Waals surface area contributed by atoms with Crippen LogP contribution in [0.25, 0.3) is 0 Å². The third kappa shape index (κ3) is 5.82. The van der Waals surface area contributed by atoms with Crippen LogP contribution in [0, 0.1) is 0 Å². The molecule has 6 heteroatoms. The summed E-state index contributed by atoms with van der Waals surface area (Å²) in [5.41, 5.74) is 2.64. The summed E-state index contributed by atoms with van der Waals surface area (Å²) in [6, 6.07) is 17.0. The first kappa shape index (κ1) is 21.0. The molecular weight excluding hydrogens is 360 g/mol. The molecule has 0 aromatic heterocycles. The molecule has 2 aromatic rings. The molecule has 0 aliphatic heterocycles. The second kappa shape index (κ2) is 9.04. The van der Waals surface area contributed by atoms with E-state index in [0.29, 0.717) is 24.7 Å². The van der Waals surface area contributed by atoms with Crippen molar-refractivity contribution in [2.45, 2.75) is 33.2 Å². The van der Waals surface area contributed by atoms with Gasteiger partial charge in [0.05, 0.1) is 11.9 Å². The van der Waals surface area contributed by atoms with Gasteiger partial charge in [-0.05, 0) is 36.1 Å². The molecule has 0 spiro atoms. The number of hydrogen-bond donors (Lipinski definition) is 0. The lowest BCUT2D eigenvalue weighted by Crippen LogP contribution is -2.42. The summed E-state index contributed by atoms with van der Waals surface area (Å²) in [7, 11) is -3.57. The van der Waals surface area contributed by atoms with Crippen LogP contribution in [0.15, 0.2) is 54.6 Å². The van der Waals surface area contributed by atoms with Crippen LogP contribution < -0.4 is 4.31 Å². The van der Waals surface area contributed by atoms with Crippen molar-refractivity contribution < 1.29 is 13.2 Å². The van der Waals surface area contributed by atoms with Crippen LogP contribution in [-0.4, -0.2) is 38.6 Å². The average molecular weight is 389 g/mol. The fourth-order valence-corrected chi connectivity index (χ4v) is 3.68. The number of carbonyl (C=O) groups excluding carboxylic acids is 1. The van der Waals surface area contributed by atoms with Gasteiger partial charge in [0.2, 0.25) is 15.9 Å². The quantitative estimate of drug-likeness (QED) is 0.694. The molecule has 0 bridgehead atoms. The standard InChI is InChI=1S/C21H28N2O3S/c1-5-22(15-18-9-7-6-8-10-18)21(24)16-23(27(4,25)26)20-13-11-19(12-14-20)17(2)3/h6-14,17H,5,15-16H2,1-4H3. The summed E-state index contributed by atoms with van der Waals surface area (Å²) in [5.74, 6) is 0.133. The van der Waals surface area contributed by atoms with Crippen molar-refractivity contribution in [1.29, 1.82) is 0 Å². The lowest BCUT2D eigenvalue weighted by Gasteiger charge is -2.27. The topological polar surface area (TPSA) is 57.7 Å². The van der Waals surface area contributed by atoms with E-state index < -0.39 is 10.0 Å². The lowest BCUT2D eigenvalue weighted by atomic mass is 10.0. The summed E-state index contributed by atoms with van der Waals surface area (Å²) >= 11 is 0. The third-order valence-corrected chi connectivity index (χ3v) is 5.62. The van der Waals surface area contributed by atoms with Crippen LogP contribution in [0.3, 0.4) is 0 Å². The summed E-state index contributed by atoms with van der Waals surface area (Å²) in [4.78, 5) is 14.5. The third-order valence-electron chi connectivity index (χ3n) is 4.48. The van der Waals surface area contributed by atoms with Gasteiger partial charge in [0, 0.05) is 13.1 Å². The molecule has 2 rings (SSSR count). The molecule has 0 unspecified atom stereocenters. The molecule has 5 nitrogen and oxygen atoms in total. The Hall–Kier alpha value is -2.34. The van der Waals surface area contributed by atoms with Crippen molar-refractivity contribution in [3.8, 4) is 0 Å². The fraction of sp³-hybridized carbons (Fsp3) is 0.381. The van der Waals surface area contributed by atoms with Crippen molar-refractivity contribution in [2.24, 2.45) is 0 Å². The van der Waals surface area contributed by atoms with Gasteiger partial charge in [-0.15, -0.1) is 0 Å². The smallest absolute Gasteiger partial charge is 0.243 e. The van der Waals surface area contributed by atoms with Gasteiger partial charge in [0.25, 0.3) is 0 Å². The maximum Gasteiger partial charge on any atom is 0.243 e. The number of likely N-dealkylation sites (N-methyl/N-ethyl adjacent to an activating group) is 1. The maximum absolute atomic E-state index is 12.8. The highest BCUT2D eigenvalue weighted by Gasteiger charge is 2.23. The van der Waals surface area contributed by atoms with Crippen LogP contribution in [0.2, 0.25) is 0 Å². The number of sulfonamides is 1. The van der Waals surface area contributed by atoms with E-state index in [4.69, 9.17) is 0 Å². The Labute approximate surface area is 162 Å². The van der Waals surface area contributed by atoms with Gasteiger partial charge in [-0.3, -0.25) is 9.10 Å². The molecule has 0 saturated heterocycles. The van der Waals surface area contributed by atoms with Gasteiger partial charge in [-0.25, -0.2) is 8.42 Å². The van der Waals surface area contributed by atoms with Gasteiger partial charge < -0.3 is 4.90 Å². The Morgan fingerprint density at radius 2 is 1.59 bits per heavy atom. The molecule has 0 N–H and O–H groups in total. The molecular formula is C21H28N2O3S. The average Bonchev–Trinajstić information content (AvgIpc) is 2.64. The summed E-state index contributed by atoms with van der Waals surface area (Å²) in [6.45, 7) is 6.81. The number of amides is 1. The van der Waals surface area contributed by atoms with Crippen molar-refractivity contribution in [2.75, 3.05) is 23.7 Å². The minimum atomic E-state index is -3.57. The Bertz CT molecular complexity index is 847. The van der Waals surface area contributed by atoms with Crippen molar-refractivity contribution in [3.63, 3.8) is 0 Å². The summed E-state index contributed by atoms with van der Waals surface area (Å²) in [6.07, 6.45) is 1.13.